The lowest BCUT2D eigenvalue weighted by atomic mass is 9.79. The highest BCUT2D eigenvalue weighted by atomic mass is 19.4. The number of halogens is 3. The van der Waals surface area contributed by atoms with Crippen molar-refractivity contribution in [3.8, 4) is 6.07 Å². The Morgan fingerprint density at radius 2 is 1.77 bits per heavy atom. The molecule has 3 saturated heterocycles. The van der Waals surface area contributed by atoms with Gasteiger partial charge in [0.15, 0.2) is 0 Å². The Bertz CT molecular complexity index is 955. The number of carbonyl (C=O) groups is 2. The van der Waals surface area contributed by atoms with E-state index in [1.54, 1.807) is 13.8 Å². The summed E-state index contributed by atoms with van der Waals surface area (Å²) in [4.78, 5) is 29.6. The number of hydrogen-bond donors (Lipinski definition) is 1. The Balaban J connectivity index is 1.72. The van der Waals surface area contributed by atoms with E-state index in [1.165, 1.54) is 12.1 Å². The van der Waals surface area contributed by atoms with E-state index in [0.717, 1.165) is 11.0 Å². The second kappa shape index (κ2) is 7.02. The van der Waals surface area contributed by atoms with E-state index in [4.69, 9.17) is 15.1 Å². The number of aliphatic hydroxyl groups excluding tert-OH is 1. The van der Waals surface area contributed by atoms with Crippen LogP contribution in [0.3, 0.4) is 0 Å². The Hall–Kier alpha value is -2.48. The fourth-order valence-electron chi connectivity index (χ4n) is 5.47. The van der Waals surface area contributed by atoms with Gasteiger partial charge in [0.05, 0.1) is 45.9 Å². The van der Waals surface area contributed by atoms with Crippen LogP contribution in [0.4, 0.5) is 18.9 Å². The van der Waals surface area contributed by atoms with Crippen molar-refractivity contribution in [2.45, 2.75) is 37.6 Å². The number of aliphatic hydroxyl groups is 1. The van der Waals surface area contributed by atoms with Crippen LogP contribution in [0.25, 0.3) is 0 Å². The summed E-state index contributed by atoms with van der Waals surface area (Å²) in [5.41, 5.74) is -3.91. The molecule has 2 bridgehead atoms. The predicted octanol–water partition coefficient (Wildman–Crippen LogP) is 1.93. The summed E-state index contributed by atoms with van der Waals surface area (Å²) in [6.45, 7) is 4.84. The first-order valence-corrected chi connectivity index (χ1v) is 9.98. The number of anilines is 1. The van der Waals surface area contributed by atoms with E-state index in [2.05, 4.69) is 0 Å². The van der Waals surface area contributed by atoms with Gasteiger partial charge in [-0.2, -0.15) is 18.4 Å². The van der Waals surface area contributed by atoms with E-state index in [9.17, 15) is 22.8 Å². The number of nitrogens with zero attached hydrogens (tertiary/aromatic N) is 3. The van der Waals surface area contributed by atoms with Crippen LogP contribution in [0.1, 0.15) is 31.4 Å². The Kier molecular flexibility index (Phi) is 4.92. The number of fused-ring (bicyclic) bond motifs is 5. The number of rotatable bonds is 4. The van der Waals surface area contributed by atoms with Gasteiger partial charge in [-0.15, -0.1) is 0 Å². The number of carbonyl (C=O) groups excluding carboxylic acids is 2. The van der Waals surface area contributed by atoms with Crippen molar-refractivity contribution in [2.24, 2.45) is 11.8 Å². The highest BCUT2D eigenvalue weighted by Gasteiger charge is 2.71. The Morgan fingerprint density at radius 1 is 1.19 bits per heavy atom. The van der Waals surface area contributed by atoms with Crippen LogP contribution in [0.2, 0.25) is 0 Å². The number of likely N-dealkylation sites (tertiary alicyclic amines) is 1. The van der Waals surface area contributed by atoms with Crippen LogP contribution < -0.4 is 4.90 Å². The summed E-state index contributed by atoms with van der Waals surface area (Å²) < 4.78 is 46.4. The minimum atomic E-state index is -4.80. The van der Waals surface area contributed by atoms with Gasteiger partial charge in [-0.05, 0) is 38.5 Å². The summed E-state index contributed by atoms with van der Waals surface area (Å²) in [6, 6.07) is 4.35. The largest absolute Gasteiger partial charge is 0.417 e. The summed E-state index contributed by atoms with van der Waals surface area (Å²) in [5, 5.41) is 18.1. The number of benzene rings is 1. The summed E-state index contributed by atoms with van der Waals surface area (Å²) in [7, 11) is 0. The van der Waals surface area contributed by atoms with Gasteiger partial charge in [-0.1, -0.05) is 0 Å². The normalized spacial score (nSPS) is 33.0. The van der Waals surface area contributed by atoms with Crippen molar-refractivity contribution in [3.63, 3.8) is 0 Å². The molecule has 10 heteroatoms. The zero-order valence-electron chi connectivity index (χ0n) is 17.1. The van der Waals surface area contributed by atoms with Gasteiger partial charge in [-0.25, -0.2) is 4.90 Å². The molecule has 4 atom stereocenters. The fourth-order valence-corrected chi connectivity index (χ4v) is 5.47. The van der Waals surface area contributed by atoms with Crippen molar-refractivity contribution < 1.29 is 32.6 Å². The van der Waals surface area contributed by atoms with Crippen LogP contribution >= 0.6 is 0 Å². The van der Waals surface area contributed by atoms with Gasteiger partial charge in [0, 0.05) is 26.2 Å². The Morgan fingerprint density at radius 3 is 2.26 bits per heavy atom. The monoisotopic (exact) mass is 437 g/mol. The molecule has 0 radical (unpaired) electrons. The average molecular weight is 437 g/mol. The van der Waals surface area contributed by atoms with Gasteiger partial charge in [0.25, 0.3) is 0 Å². The highest BCUT2D eigenvalue weighted by molar-refractivity contribution is 6.23. The third kappa shape index (κ3) is 3.23. The summed E-state index contributed by atoms with van der Waals surface area (Å²) in [5.74, 6) is -2.84. The third-order valence-corrected chi connectivity index (χ3v) is 6.48. The molecule has 0 aromatic heterocycles. The van der Waals surface area contributed by atoms with E-state index in [0.29, 0.717) is 32.1 Å². The van der Waals surface area contributed by atoms with Crippen molar-refractivity contribution in [1.29, 1.82) is 5.26 Å². The lowest BCUT2D eigenvalue weighted by Crippen LogP contribution is -2.58. The molecule has 3 aliphatic rings. The molecule has 3 aliphatic heterocycles. The highest BCUT2D eigenvalue weighted by Crippen LogP contribution is 2.55. The summed E-state index contributed by atoms with van der Waals surface area (Å²) >= 11 is 0. The number of morpholine rings is 1. The first-order valence-electron chi connectivity index (χ1n) is 9.98. The number of ether oxygens (including phenoxy) is 1. The number of imide groups is 1. The van der Waals surface area contributed by atoms with Crippen LogP contribution in [0.5, 0.6) is 0 Å². The number of alkyl halides is 3. The molecular weight excluding hydrogens is 415 g/mol. The molecule has 0 aliphatic carbocycles. The van der Waals surface area contributed by atoms with Crippen molar-refractivity contribution >= 4 is 17.5 Å². The number of hydrogen-bond acceptors (Lipinski definition) is 6. The van der Waals surface area contributed by atoms with Gasteiger partial charge in [-0.3, -0.25) is 14.5 Å². The minimum Gasteiger partial charge on any atom is -0.396 e. The molecule has 7 nitrogen and oxygen atoms in total. The zero-order valence-corrected chi connectivity index (χ0v) is 17.1. The maximum Gasteiger partial charge on any atom is 0.417 e. The molecule has 3 fully saturated rings. The zero-order chi connectivity index (χ0) is 22.8. The molecule has 1 N–H and O–H groups in total. The molecule has 4 rings (SSSR count). The molecule has 1 aromatic rings. The third-order valence-electron chi connectivity index (χ3n) is 6.48. The van der Waals surface area contributed by atoms with Gasteiger partial charge >= 0.3 is 6.18 Å². The summed E-state index contributed by atoms with van der Waals surface area (Å²) in [6.07, 6.45) is -4.26. The smallest absolute Gasteiger partial charge is 0.396 e. The maximum absolute atomic E-state index is 13.4. The SMILES string of the molecule is CC12CN(CCCO)CC(C)(O1)C1C(=O)N(c3ccc(C#N)c(C(F)(F)F)c3)C(=O)C12. The predicted molar refractivity (Wildman–Crippen MR) is 102 cm³/mol. The molecular formula is C21H22F3N3O4. The van der Waals surface area contributed by atoms with E-state index < -0.39 is 52.2 Å². The van der Waals surface area contributed by atoms with Gasteiger partial charge in [0.2, 0.25) is 11.8 Å². The number of nitriles is 1. The molecule has 166 valence electrons. The number of amides is 2. The van der Waals surface area contributed by atoms with Crippen LogP contribution in [0.15, 0.2) is 18.2 Å². The lowest BCUT2D eigenvalue weighted by molar-refractivity contribution is -0.169. The molecule has 2 amide bonds. The molecule has 4 unspecified atom stereocenters. The quantitative estimate of drug-likeness (QED) is 0.724. The molecule has 0 saturated carbocycles. The van der Waals surface area contributed by atoms with Crippen molar-refractivity contribution in [1.82, 2.24) is 4.90 Å². The van der Waals surface area contributed by atoms with Gasteiger partial charge in [0.1, 0.15) is 0 Å². The van der Waals surface area contributed by atoms with E-state index >= 15 is 0 Å². The maximum atomic E-state index is 13.4. The van der Waals surface area contributed by atoms with E-state index in [-0.39, 0.29) is 12.3 Å². The van der Waals surface area contributed by atoms with Crippen LogP contribution in [0, 0.1) is 23.2 Å². The standard InChI is InChI=1S/C21H22F3N3O4/c1-19-10-26(6-3-7-28)11-20(2,31-19)16-15(19)17(29)27(18(16)30)13-5-4-12(9-25)14(8-13)21(22,23)24/h4-5,8,15-16,28H,3,6-7,10-11H2,1-2H3. The lowest BCUT2D eigenvalue weighted by Gasteiger charge is -2.45. The first-order chi connectivity index (χ1) is 14.4. The van der Waals surface area contributed by atoms with Gasteiger partial charge < -0.3 is 9.84 Å². The Labute approximate surface area is 177 Å². The first kappa shape index (κ1) is 21.7. The molecule has 31 heavy (non-hydrogen) atoms. The molecule has 3 heterocycles. The topological polar surface area (TPSA) is 93.9 Å². The van der Waals surface area contributed by atoms with E-state index in [1.807, 2.05) is 4.90 Å². The molecule has 0 spiro atoms. The minimum absolute atomic E-state index is 0.0174. The second-order valence-electron chi connectivity index (χ2n) is 8.82. The van der Waals surface area contributed by atoms with Crippen molar-refractivity contribution in [2.75, 3.05) is 31.1 Å². The average Bonchev–Trinajstić information content (AvgIpc) is 3.05. The van der Waals surface area contributed by atoms with Crippen LogP contribution in [-0.4, -0.2) is 59.3 Å². The van der Waals surface area contributed by atoms with Crippen LogP contribution in [-0.2, 0) is 20.5 Å². The second-order valence-corrected chi connectivity index (χ2v) is 8.82. The fraction of sp³-hybridized carbons (Fsp3) is 0.571. The molecule has 1 aromatic carbocycles. The van der Waals surface area contributed by atoms with Crippen molar-refractivity contribution in [3.05, 3.63) is 29.3 Å².